The molecule has 2 aromatic rings. The summed E-state index contributed by atoms with van der Waals surface area (Å²) in [5.74, 6) is -0.807. The molecule has 2 amide bonds. The number of esters is 1. The number of sulfonamides is 1. The van der Waals surface area contributed by atoms with Gasteiger partial charge in [0.1, 0.15) is 10.7 Å². The van der Waals surface area contributed by atoms with E-state index in [0.717, 1.165) is 13.2 Å². The molecule has 0 saturated heterocycles. The Morgan fingerprint density at radius 3 is 2.37 bits per heavy atom. The Morgan fingerprint density at radius 2 is 1.74 bits per heavy atom. The van der Waals surface area contributed by atoms with Crippen molar-refractivity contribution in [2.45, 2.75) is 11.8 Å². The zero-order valence-corrected chi connectivity index (χ0v) is 16.7. The fourth-order valence-corrected chi connectivity index (χ4v) is 2.99. The number of benzene rings is 1. The van der Waals surface area contributed by atoms with Gasteiger partial charge in [0.2, 0.25) is 5.95 Å². The number of ether oxygens (including phenoxy) is 2. The second kappa shape index (κ2) is 9.36. The number of hydrogen-bond acceptors (Lipinski definition) is 9. The van der Waals surface area contributed by atoms with E-state index in [-0.39, 0.29) is 43.8 Å². The van der Waals surface area contributed by atoms with E-state index in [1.54, 1.807) is 4.72 Å². The van der Waals surface area contributed by atoms with Crippen molar-refractivity contribution in [3.05, 3.63) is 35.7 Å². The molecule has 27 heavy (non-hydrogen) atoms. The normalized spacial score (nSPS) is 10.3. The van der Waals surface area contributed by atoms with Crippen molar-refractivity contribution in [2.75, 3.05) is 19.5 Å². The van der Waals surface area contributed by atoms with Gasteiger partial charge in [0.15, 0.2) is 0 Å². The van der Waals surface area contributed by atoms with E-state index in [1.165, 1.54) is 32.2 Å². The number of hydrogen-bond donors (Lipinski definition) is 2. The molecule has 148 valence electrons. The van der Waals surface area contributed by atoms with E-state index in [0.29, 0.717) is 0 Å². The molecule has 0 unspecified atom stereocenters. The monoisotopic (exact) mass is 487 g/mol. The van der Waals surface area contributed by atoms with Crippen molar-refractivity contribution in [1.82, 2.24) is 19.7 Å². The number of carbonyl (C=O) groups excluding carboxylic acids is 2. The first-order chi connectivity index (χ1) is 12.3. The number of amides is 2. The summed E-state index contributed by atoms with van der Waals surface area (Å²) in [5, 5.41) is 2.16. The molecule has 2 N–H and O–H groups in total. The van der Waals surface area contributed by atoms with Crippen molar-refractivity contribution in [3.8, 4) is 6.01 Å². The van der Waals surface area contributed by atoms with Crippen LogP contribution in [0.15, 0.2) is 29.2 Å². The average molecular weight is 488 g/mol. The van der Waals surface area contributed by atoms with Gasteiger partial charge in [0.05, 0.1) is 19.8 Å². The first-order valence-corrected chi connectivity index (χ1v) is 8.53. The zero-order valence-electron chi connectivity index (χ0n) is 14.3. The number of urea groups is 1. The van der Waals surface area contributed by atoms with Gasteiger partial charge in [0.25, 0.3) is 10.0 Å². The minimum Gasteiger partial charge on any atom is -0.467 e. The molecule has 2 rings (SSSR count). The number of nitrogens with one attached hydrogen (secondary N) is 2. The Kier molecular flexibility index (Phi) is 7.77. The van der Waals surface area contributed by atoms with E-state index < -0.39 is 26.9 Å². The van der Waals surface area contributed by atoms with Crippen LogP contribution in [0.5, 0.6) is 6.01 Å². The third-order valence-corrected chi connectivity index (χ3v) is 4.33. The van der Waals surface area contributed by atoms with Crippen molar-refractivity contribution >= 4 is 28.0 Å². The Bertz CT molecular complexity index is 953. The molecule has 0 radical (unpaired) electrons. The van der Waals surface area contributed by atoms with Gasteiger partial charge in [-0.3, -0.25) is 5.32 Å². The Balaban J connectivity index is 0.00000364. The number of carbonyl (C=O) groups is 2. The third kappa shape index (κ3) is 5.68. The van der Waals surface area contributed by atoms with E-state index >= 15 is 0 Å². The van der Waals surface area contributed by atoms with Crippen LogP contribution in [0.25, 0.3) is 0 Å². The SMILES string of the molecule is COC(=O)c1ccccc1S(=O)(=O)NC(=O)Nc1nc(C)nc(OC)n1.[Pd]. The molecule has 0 bridgehead atoms. The molecule has 0 aliphatic heterocycles. The van der Waals surface area contributed by atoms with Crippen LogP contribution in [0.1, 0.15) is 16.2 Å². The molecule has 0 aliphatic carbocycles. The van der Waals surface area contributed by atoms with Gasteiger partial charge < -0.3 is 9.47 Å². The van der Waals surface area contributed by atoms with Crippen LogP contribution in [0.2, 0.25) is 0 Å². The summed E-state index contributed by atoms with van der Waals surface area (Å²) in [4.78, 5) is 34.7. The number of rotatable bonds is 5. The minimum atomic E-state index is -4.36. The maximum Gasteiger partial charge on any atom is 0.339 e. The van der Waals surface area contributed by atoms with Gasteiger partial charge in [0, 0.05) is 20.4 Å². The quantitative estimate of drug-likeness (QED) is 0.453. The first kappa shape index (κ1) is 22.4. The summed E-state index contributed by atoms with van der Waals surface area (Å²) in [5.41, 5.74) is -0.215. The molecule has 0 atom stereocenters. The third-order valence-electron chi connectivity index (χ3n) is 2.94. The van der Waals surface area contributed by atoms with E-state index in [9.17, 15) is 18.0 Å². The maximum atomic E-state index is 12.4. The summed E-state index contributed by atoms with van der Waals surface area (Å²) < 4.78 is 36.0. The van der Waals surface area contributed by atoms with Crippen LogP contribution in [0.3, 0.4) is 0 Å². The second-order valence-electron chi connectivity index (χ2n) is 4.74. The molecule has 0 aliphatic rings. The van der Waals surface area contributed by atoms with Crippen LogP contribution in [-0.2, 0) is 35.2 Å². The Morgan fingerprint density at radius 1 is 1.07 bits per heavy atom. The summed E-state index contributed by atoms with van der Waals surface area (Å²) in [6.07, 6.45) is 0. The van der Waals surface area contributed by atoms with E-state index in [4.69, 9.17) is 4.74 Å². The second-order valence-corrected chi connectivity index (χ2v) is 6.39. The first-order valence-electron chi connectivity index (χ1n) is 7.04. The Hall–Kier alpha value is -2.62. The van der Waals surface area contributed by atoms with Gasteiger partial charge in [-0.15, -0.1) is 0 Å². The zero-order chi connectivity index (χ0) is 19.3. The molecule has 13 heteroatoms. The predicted molar refractivity (Wildman–Crippen MR) is 88.2 cm³/mol. The molecular weight excluding hydrogens is 473 g/mol. The van der Waals surface area contributed by atoms with Crippen LogP contribution in [0.4, 0.5) is 10.7 Å². The molecule has 1 heterocycles. The molecule has 11 nitrogen and oxygen atoms in total. The van der Waals surface area contributed by atoms with Crippen molar-refractivity contribution in [1.29, 1.82) is 0 Å². The van der Waals surface area contributed by atoms with Gasteiger partial charge in [-0.2, -0.15) is 15.0 Å². The van der Waals surface area contributed by atoms with Crippen LogP contribution in [-0.4, -0.2) is 49.6 Å². The van der Waals surface area contributed by atoms with Gasteiger partial charge >= 0.3 is 18.0 Å². The minimum absolute atomic E-state index is 0. The van der Waals surface area contributed by atoms with E-state index in [1.807, 2.05) is 0 Å². The maximum absolute atomic E-state index is 12.4. The average Bonchev–Trinajstić information content (AvgIpc) is 2.59. The fourth-order valence-electron chi connectivity index (χ4n) is 1.89. The van der Waals surface area contributed by atoms with E-state index in [2.05, 4.69) is 25.0 Å². The van der Waals surface area contributed by atoms with Crippen LogP contribution in [0, 0.1) is 6.92 Å². The molecule has 1 aromatic carbocycles. The predicted octanol–water partition coefficient (Wildman–Crippen LogP) is 0.483. The van der Waals surface area contributed by atoms with Gasteiger partial charge in [-0.05, 0) is 19.1 Å². The van der Waals surface area contributed by atoms with Gasteiger partial charge in [-0.1, -0.05) is 12.1 Å². The molecule has 0 spiro atoms. The summed E-state index contributed by atoms with van der Waals surface area (Å²) in [7, 11) is -1.92. The molecule has 1 aromatic heterocycles. The number of anilines is 1. The van der Waals surface area contributed by atoms with Crippen LogP contribution >= 0.6 is 0 Å². The largest absolute Gasteiger partial charge is 0.467 e. The number of methoxy groups -OCH3 is 2. The topological polar surface area (TPSA) is 149 Å². The van der Waals surface area contributed by atoms with Crippen molar-refractivity contribution in [3.63, 3.8) is 0 Å². The number of aryl methyl sites for hydroxylation is 1. The van der Waals surface area contributed by atoms with Crippen molar-refractivity contribution in [2.24, 2.45) is 0 Å². The molecule has 0 fully saturated rings. The number of aromatic nitrogens is 3. The smallest absolute Gasteiger partial charge is 0.339 e. The fraction of sp³-hybridized carbons (Fsp3) is 0.214. The summed E-state index contributed by atoms with van der Waals surface area (Å²) >= 11 is 0. The van der Waals surface area contributed by atoms with Gasteiger partial charge in [-0.25, -0.2) is 22.7 Å². The standard InChI is InChI=1S/C14H15N5O6S.Pd/c1-8-15-12(18-14(16-8)25-3)17-13(21)19-26(22,23)10-7-5-4-6-9(10)11(20)24-2;/h4-7H,1-3H3,(H2,15,16,17,18,19,21);. The molecular formula is C14H15N5O6PdS. The van der Waals surface area contributed by atoms with Crippen molar-refractivity contribution < 1.29 is 47.9 Å². The number of nitrogens with zero attached hydrogens (tertiary/aromatic N) is 3. The van der Waals surface area contributed by atoms with Crippen LogP contribution < -0.4 is 14.8 Å². The summed E-state index contributed by atoms with van der Waals surface area (Å²) in [6.45, 7) is 1.54. The molecule has 0 saturated carbocycles. The Labute approximate surface area is 168 Å². The summed E-state index contributed by atoms with van der Waals surface area (Å²) in [6, 6.07) is 4.12.